The first-order valence-electron chi connectivity index (χ1n) is 11.1. The fraction of sp³-hybridized carbons (Fsp3) is 0.625. The molecule has 0 radical (unpaired) electrons. The highest BCUT2D eigenvalue weighted by molar-refractivity contribution is 5.83. The van der Waals surface area contributed by atoms with E-state index in [9.17, 15) is 9.90 Å². The van der Waals surface area contributed by atoms with E-state index >= 15 is 0 Å². The van der Waals surface area contributed by atoms with Crippen molar-refractivity contribution in [3.8, 4) is 0 Å². The molecule has 0 saturated heterocycles. The molecule has 1 aromatic carbocycles. The Kier molecular flexibility index (Phi) is 10.7. The lowest BCUT2D eigenvalue weighted by molar-refractivity contribution is -0.147. The van der Waals surface area contributed by atoms with Crippen LogP contribution >= 0.6 is 0 Å². The van der Waals surface area contributed by atoms with Crippen LogP contribution in [0.3, 0.4) is 0 Å². The van der Waals surface area contributed by atoms with E-state index in [4.69, 9.17) is 4.74 Å². The van der Waals surface area contributed by atoms with Crippen molar-refractivity contribution in [2.24, 2.45) is 0 Å². The lowest BCUT2D eigenvalue weighted by Gasteiger charge is -2.07. The summed E-state index contributed by atoms with van der Waals surface area (Å²) in [6.07, 6.45) is 16.4. The number of aromatic nitrogens is 1. The normalized spacial score (nSPS) is 11.2. The summed E-state index contributed by atoms with van der Waals surface area (Å²) in [6.45, 7) is 2.45. The molecule has 0 spiro atoms. The number of hydrogen-bond acceptors (Lipinski definition) is 3. The van der Waals surface area contributed by atoms with Gasteiger partial charge in [-0.3, -0.25) is 4.79 Å². The molecule has 0 amide bonds. The first kappa shape index (κ1) is 22.5. The van der Waals surface area contributed by atoms with Crippen LogP contribution in [0, 0.1) is 0 Å². The van der Waals surface area contributed by atoms with Gasteiger partial charge in [-0.1, -0.05) is 89.3 Å². The second kappa shape index (κ2) is 13.4. The van der Waals surface area contributed by atoms with Gasteiger partial charge in [-0.2, -0.15) is 0 Å². The minimum absolute atomic E-state index is 0.0137. The van der Waals surface area contributed by atoms with Crippen LogP contribution in [0.15, 0.2) is 30.5 Å². The molecule has 0 atom stereocenters. The van der Waals surface area contributed by atoms with Gasteiger partial charge in [0.1, 0.15) is 0 Å². The number of esters is 1. The van der Waals surface area contributed by atoms with Crippen LogP contribution in [0.1, 0.15) is 89.5 Å². The number of unbranched alkanes of at least 4 members (excludes halogenated alkanes) is 10. The van der Waals surface area contributed by atoms with Crippen LogP contribution in [0.4, 0.5) is 0 Å². The maximum Gasteiger partial charge on any atom is 0.307 e. The van der Waals surface area contributed by atoms with Crippen molar-refractivity contribution in [3.05, 3.63) is 36.0 Å². The largest absolute Gasteiger partial charge is 0.444 e. The predicted octanol–water partition coefficient (Wildman–Crippen LogP) is 6.34. The Morgan fingerprint density at radius 1 is 0.929 bits per heavy atom. The van der Waals surface area contributed by atoms with E-state index in [0.717, 1.165) is 29.3 Å². The van der Waals surface area contributed by atoms with Crippen molar-refractivity contribution in [3.63, 3.8) is 0 Å². The topological polar surface area (TPSA) is 51.5 Å². The maximum absolute atomic E-state index is 12.0. The molecular weight excluding hydrogens is 350 g/mol. The van der Waals surface area contributed by atoms with Gasteiger partial charge in [-0.15, -0.1) is 0 Å². The molecular formula is C24H37NO3. The number of carbonyl (C=O) groups excluding carboxylic acids is 1. The summed E-state index contributed by atoms with van der Waals surface area (Å²) in [6, 6.07) is 7.86. The van der Waals surface area contributed by atoms with Crippen molar-refractivity contribution in [2.75, 3.05) is 0 Å². The highest BCUT2D eigenvalue weighted by atomic mass is 16.5. The monoisotopic (exact) mass is 387 g/mol. The van der Waals surface area contributed by atoms with Gasteiger partial charge >= 0.3 is 5.97 Å². The fourth-order valence-corrected chi connectivity index (χ4v) is 3.70. The summed E-state index contributed by atoms with van der Waals surface area (Å²) >= 11 is 0. The molecule has 28 heavy (non-hydrogen) atoms. The Morgan fingerprint density at radius 3 is 2.18 bits per heavy atom. The zero-order valence-electron chi connectivity index (χ0n) is 17.5. The zero-order valence-corrected chi connectivity index (χ0v) is 17.5. The van der Waals surface area contributed by atoms with Gasteiger partial charge in [0.25, 0.3) is 0 Å². The van der Waals surface area contributed by atoms with Crippen LogP contribution in [0.2, 0.25) is 0 Å². The number of aliphatic hydroxyl groups excluding tert-OH is 1. The van der Waals surface area contributed by atoms with E-state index in [0.29, 0.717) is 6.42 Å². The Bertz CT molecular complexity index is 692. The summed E-state index contributed by atoms with van der Waals surface area (Å²) in [4.78, 5) is 12.0. The summed E-state index contributed by atoms with van der Waals surface area (Å²) in [5, 5.41) is 10.5. The number of fused-ring (bicyclic) bond motifs is 1. The van der Waals surface area contributed by atoms with E-state index in [2.05, 4.69) is 6.92 Å². The van der Waals surface area contributed by atoms with Crippen molar-refractivity contribution in [1.82, 2.24) is 4.57 Å². The van der Waals surface area contributed by atoms with Gasteiger partial charge in [0, 0.05) is 23.6 Å². The third-order valence-electron chi connectivity index (χ3n) is 5.39. The van der Waals surface area contributed by atoms with Crippen LogP contribution in [-0.4, -0.2) is 15.6 Å². The van der Waals surface area contributed by atoms with Crippen molar-refractivity contribution >= 4 is 16.9 Å². The Balaban J connectivity index is 1.54. The SMILES string of the molecule is CCCCCCCCCCCCCC(=O)OCn1cc(CO)c2ccccc21. The highest BCUT2D eigenvalue weighted by Crippen LogP contribution is 2.21. The number of rotatable bonds is 15. The van der Waals surface area contributed by atoms with Crippen molar-refractivity contribution in [1.29, 1.82) is 0 Å². The third-order valence-corrected chi connectivity index (χ3v) is 5.39. The van der Waals surface area contributed by atoms with Gasteiger partial charge in [-0.25, -0.2) is 0 Å². The lowest BCUT2D eigenvalue weighted by Crippen LogP contribution is -2.08. The molecule has 1 N–H and O–H groups in total. The van der Waals surface area contributed by atoms with E-state index in [1.165, 1.54) is 57.8 Å². The van der Waals surface area contributed by atoms with Gasteiger partial charge in [0.2, 0.25) is 0 Å². The van der Waals surface area contributed by atoms with E-state index in [1.807, 2.05) is 35.0 Å². The molecule has 156 valence electrons. The van der Waals surface area contributed by atoms with E-state index in [-0.39, 0.29) is 19.3 Å². The zero-order chi connectivity index (χ0) is 20.0. The van der Waals surface area contributed by atoms with Crippen LogP contribution in [0.25, 0.3) is 10.9 Å². The molecule has 1 aromatic heterocycles. The van der Waals surface area contributed by atoms with Crippen molar-refractivity contribution in [2.45, 2.75) is 97.3 Å². The number of aliphatic hydroxyl groups is 1. The predicted molar refractivity (Wildman–Crippen MR) is 115 cm³/mol. The Morgan fingerprint density at radius 2 is 1.54 bits per heavy atom. The molecule has 0 aliphatic heterocycles. The lowest BCUT2D eigenvalue weighted by atomic mass is 10.1. The number of benzene rings is 1. The molecule has 0 fully saturated rings. The Labute approximate surface area is 169 Å². The third kappa shape index (κ3) is 7.67. The number of para-hydroxylation sites is 1. The summed E-state index contributed by atoms with van der Waals surface area (Å²) in [7, 11) is 0. The molecule has 0 aliphatic rings. The average molecular weight is 388 g/mol. The number of nitrogens with zero attached hydrogens (tertiary/aromatic N) is 1. The van der Waals surface area contributed by atoms with Gasteiger partial charge in [-0.05, 0) is 12.5 Å². The molecule has 0 bridgehead atoms. The summed E-state index contributed by atoms with van der Waals surface area (Å²) in [5.74, 6) is -0.140. The molecule has 4 heteroatoms. The molecule has 1 heterocycles. The van der Waals surface area contributed by atoms with E-state index in [1.54, 1.807) is 0 Å². The van der Waals surface area contributed by atoms with Crippen LogP contribution < -0.4 is 0 Å². The van der Waals surface area contributed by atoms with Crippen molar-refractivity contribution < 1.29 is 14.6 Å². The molecule has 0 aliphatic carbocycles. The fourth-order valence-electron chi connectivity index (χ4n) is 3.70. The van der Waals surface area contributed by atoms with Gasteiger partial charge in [0.05, 0.1) is 12.1 Å². The first-order chi connectivity index (χ1) is 13.8. The molecule has 2 rings (SSSR count). The Hall–Kier alpha value is -1.81. The first-order valence-corrected chi connectivity index (χ1v) is 11.1. The minimum atomic E-state index is -0.140. The number of hydrogen-bond donors (Lipinski definition) is 1. The molecule has 0 unspecified atom stereocenters. The molecule has 0 saturated carbocycles. The summed E-state index contributed by atoms with van der Waals surface area (Å²) in [5.41, 5.74) is 1.84. The smallest absolute Gasteiger partial charge is 0.307 e. The minimum Gasteiger partial charge on any atom is -0.444 e. The van der Waals surface area contributed by atoms with Crippen LogP contribution in [0.5, 0.6) is 0 Å². The average Bonchev–Trinajstić information content (AvgIpc) is 3.08. The number of carbonyl (C=O) groups is 1. The molecule has 2 aromatic rings. The van der Waals surface area contributed by atoms with Gasteiger partial charge < -0.3 is 14.4 Å². The maximum atomic E-state index is 12.0. The standard InChI is InChI=1S/C24H37NO3/c1-2-3-4-5-6-7-8-9-10-11-12-17-24(27)28-20-25-18-21(19-26)22-15-13-14-16-23(22)25/h13-16,18,26H,2-12,17,19-20H2,1H3. The van der Waals surface area contributed by atoms with Crippen LogP contribution in [-0.2, 0) is 22.9 Å². The van der Waals surface area contributed by atoms with Gasteiger partial charge in [0.15, 0.2) is 6.73 Å². The van der Waals surface area contributed by atoms with E-state index < -0.39 is 0 Å². The second-order valence-electron chi connectivity index (χ2n) is 7.73. The highest BCUT2D eigenvalue weighted by Gasteiger charge is 2.09. The molecule has 4 nitrogen and oxygen atoms in total. The number of ether oxygens (including phenoxy) is 1. The summed E-state index contributed by atoms with van der Waals surface area (Å²) < 4.78 is 7.32. The quantitative estimate of drug-likeness (QED) is 0.287. The second-order valence-corrected chi connectivity index (χ2v) is 7.73.